The van der Waals surface area contributed by atoms with E-state index in [0.717, 1.165) is 12.1 Å². The zero-order chi connectivity index (χ0) is 15.6. The number of nitrogens with two attached hydrogens (primary N) is 1. The van der Waals surface area contributed by atoms with Gasteiger partial charge in [-0.05, 0) is 52.3 Å². The van der Waals surface area contributed by atoms with Crippen LogP contribution in [0, 0.1) is 17.1 Å². The van der Waals surface area contributed by atoms with Gasteiger partial charge in [0.05, 0.1) is 23.0 Å². The standard InChI is InChI=1S/C13H9BrFN3O2S/c14-10-5-8(7-16)1-4-12(10)18-21(19,20)13-6-9(15)2-3-11(13)17/h1-6,18H,17H2. The zero-order valence-electron chi connectivity index (χ0n) is 10.5. The van der Waals surface area contributed by atoms with E-state index in [9.17, 15) is 12.8 Å². The first kappa shape index (κ1) is 15.3. The maximum atomic E-state index is 13.2. The number of nitrogens with zero attached hydrogens (tertiary/aromatic N) is 1. The molecule has 0 heterocycles. The number of rotatable bonds is 3. The second kappa shape index (κ2) is 5.71. The van der Waals surface area contributed by atoms with Gasteiger partial charge in [0.1, 0.15) is 10.7 Å². The third kappa shape index (κ3) is 3.32. The molecule has 21 heavy (non-hydrogen) atoms. The van der Waals surface area contributed by atoms with E-state index in [2.05, 4.69) is 20.7 Å². The minimum Gasteiger partial charge on any atom is -0.398 e. The van der Waals surface area contributed by atoms with Crippen LogP contribution in [0.5, 0.6) is 0 Å². The molecule has 0 aliphatic heterocycles. The SMILES string of the molecule is N#Cc1ccc(NS(=O)(=O)c2cc(F)ccc2N)c(Br)c1. The van der Waals surface area contributed by atoms with Crippen molar-refractivity contribution in [2.45, 2.75) is 4.90 Å². The number of hydrogen-bond acceptors (Lipinski definition) is 4. The molecule has 0 fully saturated rings. The quantitative estimate of drug-likeness (QED) is 0.812. The molecule has 8 heteroatoms. The number of anilines is 2. The van der Waals surface area contributed by atoms with Crippen molar-refractivity contribution in [3.05, 3.63) is 52.3 Å². The summed E-state index contributed by atoms with van der Waals surface area (Å²) in [6.45, 7) is 0. The summed E-state index contributed by atoms with van der Waals surface area (Å²) in [7, 11) is -4.04. The van der Waals surface area contributed by atoms with Gasteiger partial charge in [0.25, 0.3) is 10.0 Å². The van der Waals surface area contributed by atoms with E-state index >= 15 is 0 Å². The van der Waals surface area contributed by atoms with Crippen LogP contribution < -0.4 is 10.5 Å². The van der Waals surface area contributed by atoms with Crippen molar-refractivity contribution in [2.24, 2.45) is 0 Å². The van der Waals surface area contributed by atoms with Crippen LogP contribution in [0.4, 0.5) is 15.8 Å². The number of nitrogens with one attached hydrogen (secondary N) is 1. The summed E-state index contributed by atoms with van der Waals surface area (Å²) < 4.78 is 40.4. The number of nitrogen functional groups attached to an aromatic ring is 1. The van der Waals surface area contributed by atoms with Crippen LogP contribution in [-0.4, -0.2) is 8.42 Å². The van der Waals surface area contributed by atoms with E-state index in [-0.39, 0.29) is 16.3 Å². The zero-order valence-corrected chi connectivity index (χ0v) is 12.9. The van der Waals surface area contributed by atoms with Gasteiger partial charge in [-0.3, -0.25) is 4.72 Å². The Balaban J connectivity index is 2.43. The molecule has 2 aromatic carbocycles. The molecule has 0 saturated heterocycles. The van der Waals surface area contributed by atoms with Crippen molar-refractivity contribution < 1.29 is 12.8 Å². The Morgan fingerprint density at radius 2 is 1.95 bits per heavy atom. The van der Waals surface area contributed by atoms with Gasteiger partial charge in [-0.1, -0.05) is 0 Å². The van der Waals surface area contributed by atoms with Gasteiger partial charge >= 0.3 is 0 Å². The summed E-state index contributed by atoms with van der Waals surface area (Å²) in [6.07, 6.45) is 0. The van der Waals surface area contributed by atoms with Gasteiger partial charge in [-0.25, -0.2) is 12.8 Å². The lowest BCUT2D eigenvalue weighted by atomic mass is 10.2. The summed E-state index contributed by atoms with van der Waals surface area (Å²) in [5.41, 5.74) is 6.10. The number of sulfonamides is 1. The van der Waals surface area contributed by atoms with Crippen molar-refractivity contribution in [1.29, 1.82) is 5.26 Å². The van der Waals surface area contributed by atoms with E-state index in [1.54, 1.807) is 0 Å². The highest BCUT2D eigenvalue weighted by atomic mass is 79.9. The highest BCUT2D eigenvalue weighted by Crippen LogP contribution is 2.28. The first-order valence-corrected chi connectivity index (χ1v) is 7.88. The molecule has 0 aromatic heterocycles. The van der Waals surface area contributed by atoms with Gasteiger partial charge in [0, 0.05) is 4.47 Å². The molecule has 0 unspecified atom stereocenters. The molecule has 0 radical (unpaired) electrons. The number of benzene rings is 2. The molecule has 0 amide bonds. The van der Waals surface area contributed by atoms with E-state index in [1.807, 2.05) is 6.07 Å². The number of nitriles is 1. The second-order valence-corrected chi connectivity index (χ2v) is 6.60. The summed E-state index contributed by atoms with van der Waals surface area (Å²) in [4.78, 5) is -0.348. The predicted molar refractivity (Wildman–Crippen MR) is 80.5 cm³/mol. The Morgan fingerprint density at radius 3 is 2.57 bits per heavy atom. The first-order valence-electron chi connectivity index (χ1n) is 5.61. The molecular formula is C13H9BrFN3O2S. The van der Waals surface area contributed by atoms with Crippen LogP contribution in [0.1, 0.15) is 5.56 Å². The minimum absolute atomic E-state index is 0.0614. The largest absolute Gasteiger partial charge is 0.398 e. The van der Waals surface area contributed by atoms with E-state index in [1.165, 1.54) is 24.3 Å². The summed E-state index contributed by atoms with van der Waals surface area (Å²) in [5.74, 6) is -0.705. The van der Waals surface area contributed by atoms with Crippen LogP contribution in [0.25, 0.3) is 0 Å². The lowest BCUT2D eigenvalue weighted by Gasteiger charge is -2.11. The smallest absolute Gasteiger partial charge is 0.264 e. The molecule has 2 rings (SSSR count). The second-order valence-electron chi connectivity index (χ2n) is 4.09. The Hall–Kier alpha value is -2.11. The van der Waals surface area contributed by atoms with Crippen molar-refractivity contribution in [1.82, 2.24) is 0 Å². The van der Waals surface area contributed by atoms with Crippen LogP contribution in [0.2, 0.25) is 0 Å². The molecule has 0 spiro atoms. The lowest BCUT2D eigenvalue weighted by Crippen LogP contribution is -2.15. The minimum atomic E-state index is -4.04. The van der Waals surface area contributed by atoms with Crippen molar-refractivity contribution in [2.75, 3.05) is 10.5 Å². The Bertz CT molecular complexity index is 847. The van der Waals surface area contributed by atoms with Crippen molar-refractivity contribution in [3.8, 4) is 6.07 Å². The van der Waals surface area contributed by atoms with Gasteiger partial charge < -0.3 is 5.73 Å². The normalized spacial score (nSPS) is 10.9. The molecule has 0 aliphatic rings. The van der Waals surface area contributed by atoms with Crippen LogP contribution in [0.15, 0.2) is 45.8 Å². The fraction of sp³-hybridized carbons (Fsp3) is 0. The molecule has 0 aliphatic carbocycles. The van der Waals surface area contributed by atoms with Crippen LogP contribution in [0.3, 0.4) is 0 Å². The molecule has 0 saturated carbocycles. The number of halogens is 2. The average molecular weight is 370 g/mol. The van der Waals surface area contributed by atoms with E-state index in [0.29, 0.717) is 10.0 Å². The topological polar surface area (TPSA) is 96.0 Å². The molecule has 108 valence electrons. The predicted octanol–water partition coefficient (Wildman–Crippen LogP) is 2.84. The summed E-state index contributed by atoms with van der Waals surface area (Å²) in [5, 5.41) is 8.76. The third-order valence-electron chi connectivity index (χ3n) is 2.61. The maximum absolute atomic E-state index is 13.2. The monoisotopic (exact) mass is 369 g/mol. The van der Waals surface area contributed by atoms with Crippen molar-refractivity contribution in [3.63, 3.8) is 0 Å². The van der Waals surface area contributed by atoms with Gasteiger partial charge in [-0.15, -0.1) is 0 Å². The van der Waals surface area contributed by atoms with Crippen LogP contribution in [-0.2, 0) is 10.0 Å². The third-order valence-corrected chi connectivity index (χ3v) is 4.68. The molecule has 0 bridgehead atoms. The van der Waals surface area contributed by atoms with E-state index < -0.39 is 15.8 Å². The highest BCUT2D eigenvalue weighted by molar-refractivity contribution is 9.10. The highest BCUT2D eigenvalue weighted by Gasteiger charge is 2.19. The lowest BCUT2D eigenvalue weighted by molar-refractivity contribution is 0.596. The van der Waals surface area contributed by atoms with Gasteiger partial charge in [0.15, 0.2) is 0 Å². The Labute approximate surface area is 129 Å². The fourth-order valence-corrected chi connectivity index (χ4v) is 3.44. The summed E-state index contributed by atoms with van der Waals surface area (Å²) in [6, 6.07) is 9.37. The average Bonchev–Trinajstić information content (AvgIpc) is 2.43. The molecular weight excluding hydrogens is 361 g/mol. The van der Waals surface area contributed by atoms with Crippen LogP contribution >= 0.6 is 15.9 Å². The Kier molecular flexibility index (Phi) is 4.16. The molecule has 5 nitrogen and oxygen atoms in total. The summed E-state index contributed by atoms with van der Waals surface area (Å²) >= 11 is 3.16. The maximum Gasteiger partial charge on any atom is 0.264 e. The molecule has 0 atom stereocenters. The van der Waals surface area contributed by atoms with E-state index in [4.69, 9.17) is 11.0 Å². The molecule has 2 aromatic rings. The molecule has 3 N–H and O–H groups in total. The first-order chi connectivity index (χ1) is 9.83. The Morgan fingerprint density at radius 1 is 1.24 bits per heavy atom. The fourth-order valence-electron chi connectivity index (χ4n) is 1.61. The van der Waals surface area contributed by atoms with Gasteiger partial charge in [0.2, 0.25) is 0 Å². The van der Waals surface area contributed by atoms with Gasteiger partial charge in [-0.2, -0.15) is 5.26 Å². The number of hydrogen-bond donors (Lipinski definition) is 2. The van der Waals surface area contributed by atoms with Crippen molar-refractivity contribution >= 4 is 37.3 Å².